The molecule has 0 radical (unpaired) electrons. The van der Waals surface area contributed by atoms with Crippen molar-refractivity contribution in [3.63, 3.8) is 0 Å². The Bertz CT molecular complexity index is 1120. The number of ether oxygens (including phenoxy) is 1. The lowest BCUT2D eigenvalue weighted by atomic mass is 9.98. The zero-order chi connectivity index (χ0) is 28.1. The molecule has 37 heavy (non-hydrogen) atoms. The number of nitrogens with one attached hydrogen (secondary N) is 2. The molecule has 0 aliphatic rings. The van der Waals surface area contributed by atoms with E-state index in [9.17, 15) is 19.5 Å². The van der Waals surface area contributed by atoms with E-state index in [1.165, 1.54) is 11.0 Å². The fourth-order valence-electron chi connectivity index (χ4n) is 4.12. The molecule has 0 spiro atoms. The Kier molecular flexibility index (Phi) is 9.73. The second-order valence-electron chi connectivity index (χ2n) is 11.0. The number of anilines is 1. The first-order valence-electron chi connectivity index (χ1n) is 12.5. The number of hydrogen-bond donors (Lipinski definition) is 3. The summed E-state index contributed by atoms with van der Waals surface area (Å²) in [5, 5.41) is 15.7. The number of phenols is 1. The monoisotopic (exact) mass is 511 g/mol. The van der Waals surface area contributed by atoms with Crippen LogP contribution < -0.4 is 10.6 Å². The Hall–Kier alpha value is -3.55. The summed E-state index contributed by atoms with van der Waals surface area (Å²) in [5.74, 6) is -0.642. The van der Waals surface area contributed by atoms with Gasteiger partial charge < -0.3 is 25.4 Å². The van der Waals surface area contributed by atoms with E-state index in [4.69, 9.17) is 4.74 Å². The summed E-state index contributed by atoms with van der Waals surface area (Å²) < 4.78 is 5.38. The molecular formula is C29H41N3O5. The van der Waals surface area contributed by atoms with Gasteiger partial charge in [0.1, 0.15) is 23.4 Å². The Morgan fingerprint density at radius 2 is 1.59 bits per heavy atom. The number of phenolic OH excluding ortho intramolecular Hbond substituents is 1. The van der Waals surface area contributed by atoms with Gasteiger partial charge in [0, 0.05) is 12.7 Å². The molecule has 202 valence electrons. The number of hydrogen-bond acceptors (Lipinski definition) is 5. The van der Waals surface area contributed by atoms with Gasteiger partial charge >= 0.3 is 6.09 Å². The minimum atomic E-state index is -1.01. The van der Waals surface area contributed by atoms with Gasteiger partial charge in [0.15, 0.2) is 0 Å². The molecule has 0 saturated carbocycles. The maximum Gasteiger partial charge on any atom is 0.408 e. The Balaban J connectivity index is 2.46. The van der Waals surface area contributed by atoms with Crippen LogP contribution in [-0.4, -0.2) is 46.6 Å². The van der Waals surface area contributed by atoms with Gasteiger partial charge in [-0.15, -0.1) is 0 Å². The second-order valence-corrected chi connectivity index (χ2v) is 11.0. The molecule has 2 rings (SSSR count). The predicted octanol–water partition coefficient (Wildman–Crippen LogP) is 5.40. The van der Waals surface area contributed by atoms with Crippen LogP contribution in [0.5, 0.6) is 5.75 Å². The zero-order valence-electron chi connectivity index (χ0n) is 23.4. The van der Waals surface area contributed by atoms with E-state index in [0.29, 0.717) is 23.2 Å². The third-order valence-corrected chi connectivity index (χ3v) is 5.95. The highest BCUT2D eigenvalue weighted by molar-refractivity contribution is 5.99. The van der Waals surface area contributed by atoms with Crippen LogP contribution in [0.3, 0.4) is 0 Å². The van der Waals surface area contributed by atoms with Crippen molar-refractivity contribution in [2.75, 3.05) is 12.4 Å². The summed E-state index contributed by atoms with van der Waals surface area (Å²) in [6.45, 7) is 14.7. The van der Waals surface area contributed by atoms with E-state index in [1.54, 1.807) is 46.9 Å². The Morgan fingerprint density at radius 1 is 1.00 bits per heavy atom. The zero-order valence-corrected chi connectivity index (χ0v) is 23.4. The number of alkyl carbamates (subject to hydrolysis) is 1. The van der Waals surface area contributed by atoms with Crippen LogP contribution in [0, 0.1) is 26.7 Å². The summed E-state index contributed by atoms with van der Waals surface area (Å²) in [6, 6.07) is 8.63. The molecule has 8 nitrogen and oxygen atoms in total. The third-order valence-electron chi connectivity index (χ3n) is 5.95. The minimum absolute atomic E-state index is 0.0927. The second kappa shape index (κ2) is 12.1. The quantitative estimate of drug-likeness (QED) is 0.440. The molecule has 8 heteroatoms. The maximum atomic E-state index is 13.8. The van der Waals surface area contributed by atoms with Gasteiger partial charge in [0.05, 0.1) is 0 Å². The lowest BCUT2D eigenvalue weighted by Crippen LogP contribution is -2.51. The lowest BCUT2D eigenvalue weighted by molar-refractivity contribution is -0.139. The minimum Gasteiger partial charge on any atom is -0.508 e. The first-order chi connectivity index (χ1) is 17.1. The molecule has 3 N–H and O–H groups in total. The first-order valence-corrected chi connectivity index (χ1v) is 12.5. The maximum absolute atomic E-state index is 13.8. The van der Waals surface area contributed by atoms with Gasteiger partial charge in [0.2, 0.25) is 5.91 Å². The molecule has 0 fully saturated rings. The van der Waals surface area contributed by atoms with Gasteiger partial charge in [0.25, 0.3) is 5.91 Å². The number of carbonyl (C=O) groups excluding carboxylic acids is 3. The molecule has 2 aromatic carbocycles. The van der Waals surface area contributed by atoms with Crippen LogP contribution in [0.15, 0.2) is 36.4 Å². The molecule has 2 atom stereocenters. The number of carbonyl (C=O) groups is 3. The van der Waals surface area contributed by atoms with E-state index in [-0.39, 0.29) is 11.7 Å². The largest absolute Gasteiger partial charge is 0.508 e. The number of rotatable bonds is 8. The average molecular weight is 512 g/mol. The van der Waals surface area contributed by atoms with Crippen LogP contribution in [0.1, 0.15) is 69.3 Å². The van der Waals surface area contributed by atoms with Crippen molar-refractivity contribution in [2.45, 2.75) is 79.5 Å². The number of para-hydroxylation sites is 1. The molecule has 0 saturated heterocycles. The van der Waals surface area contributed by atoms with E-state index in [0.717, 1.165) is 11.1 Å². The van der Waals surface area contributed by atoms with E-state index < -0.39 is 35.6 Å². The topological polar surface area (TPSA) is 108 Å². The van der Waals surface area contributed by atoms with Gasteiger partial charge in [-0.1, -0.05) is 38.1 Å². The Morgan fingerprint density at radius 3 is 2.11 bits per heavy atom. The van der Waals surface area contributed by atoms with Gasteiger partial charge in [-0.05, 0) is 88.3 Å². The summed E-state index contributed by atoms with van der Waals surface area (Å²) >= 11 is 0. The van der Waals surface area contributed by atoms with Crippen molar-refractivity contribution in [3.05, 3.63) is 58.7 Å². The number of likely N-dealkylation sites (N-methyl/N-ethyl adjacent to an activating group) is 1. The molecule has 0 heterocycles. The fourth-order valence-corrected chi connectivity index (χ4v) is 4.12. The van der Waals surface area contributed by atoms with Crippen molar-refractivity contribution < 1.29 is 24.2 Å². The highest BCUT2D eigenvalue weighted by atomic mass is 16.6. The number of nitrogens with zero attached hydrogens (tertiary/aromatic N) is 1. The van der Waals surface area contributed by atoms with Gasteiger partial charge in [-0.2, -0.15) is 0 Å². The van der Waals surface area contributed by atoms with Crippen LogP contribution in [0.2, 0.25) is 0 Å². The molecule has 2 unspecified atom stereocenters. The van der Waals surface area contributed by atoms with Gasteiger partial charge in [-0.3, -0.25) is 9.59 Å². The summed E-state index contributed by atoms with van der Waals surface area (Å²) in [7, 11) is 1.55. The number of aromatic hydroxyl groups is 1. The summed E-state index contributed by atoms with van der Waals surface area (Å²) in [4.78, 5) is 41.4. The van der Waals surface area contributed by atoms with Crippen LogP contribution >= 0.6 is 0 Å². The predicted molar refractivity (Wildman–Crippen MR) is 146 cm³/mol. The van der Waals surface area contributed by atoms with Gasteiger partial charge in [-0.25, -0.2) is 4.79 Å². The molecule has 0 bridgehead atoms. The summed E-state index contributed by atoms with van der Waals surface area (Å²) in [6.07, 6.45) is -0.334. The number of aryl methyl sites for hydroxylation is 3. The fraction of sp³-hybridized carbons (Fsp3) is 0.483. The lowest BCUT2D eigenvalue weighted by Gasteiger charge is -2.32. The highest BCUT2D eigenvalue weighted by Crippen LogP contribution is 2.29. The van der Waals surface area contributed by atoms with E-state index in [1.807, 2.05) is 45.9 Å². The van der Waals surface area contributed by atoms with Crippen molar-refractivity contribution in [3.8, 4) is 5.75 Å². The SMILES string of the molecule is Cc1cc(C(C(=O)Nc2c(C)cccc2C)N(C)C(=O)C(CC(C)C)NC(=O)OC(C)(C)C)ccc1O. The smallest absolute Gasteiger partial charge is 0.408 e. The van der Waals surface area contributed by atoms with Crippen molar-refractivity contribution >= 4 is 23.6 Å². The third kappa shape index (κ3) is 8.23. The average Bonchev–Trinajstić information content (AvgIpc) is 2.76. The molecule has 2 aromatic rings. The molecule has 0 aliphatic heterocycles. The standard InChI is InChI=1S/C29H41N3O5/c1-17(2)15-22(30-28(36)37-29(6,7)8)27(35)32(9)25(21-13-14-23(33)20(5)16-21)26(34)31-24-18(3)11-10-12-19(24)4/h10-14,16-17,22,25,33H,15H2,1-9H3,(H,30,36)(H,31,34). The van der Waals surface area contributed by atoms with Crippen LogP contribution in [-0.2, 0) is 14.3 Å². The van der Waals surface area contributed by atoms with Crippen LogP contribution in [0.25, 0.3) is 0 Å². The van der Waals surface area contributed by atoms with E-state index in [2.05, 4.69) is 10.6 Å². The summed E-state index contributed by atoms with van der Waals surface area (Å²) in [5.41, 5.74) is 2.86. The molecule has 3 amide bonds. The molecular weight excluding hydrogens is 470 g/mol. The Labute approximate surface area is 220 Å². The molecule has 0 aromatic heterocycles. The number of benzene rings is 2. The molecule has 0 aliphatic carbocycles. The van der Waals surface area contributed by atoms with Crippen molar-refractivity contribution in [1.29, 1.82) is 0 Å². The highest BCUT2D eigenvalue weighted by Gasteiger charge is 2.35. The first kappa shape index (κ1) is 29.7. The van der Waals surface area contributed by atoms with Crippen LogP contribution in [0.4, 0.5) is 10.5 Å². The van der Waals surface area contributed by atoms with E-state index >= 15 is 0 Å². The van der Waals surface area contributed by atoms with Crippen molar-refractivity contribution in [1.82, 2.24) is 10.2 Å². The number of amides is 3. The normalized spacial score (nSPS) is 13.0. The van der Waals surface area contributed by atoms with Crippen molar-refractivity contribution in [2.24, 2.45) is 5.92 Å².